The van der Waals surface area contributed by atoms with Crippen molar-refractivity contribution in [1.29, 1.82) is 0 Å². The van der Waals surface area contributed by atoms with Crippen molar-refractivity contribution in [1.82, 2.24) is 20.0 Å². The van der Waals surface area contributed by atoms with Crippen LogP contribution >= 0.6 is 0 Å². The fraction of sp³-hybridized carbons (Fsp3) is 0.462. The number of nitrogen functional groups attached to an aromatic ring is 1. The molecule has 0 amide bonds. The highest BCUT2D eigenvalue weighted by molar-refractivity contribution is 5.59. The second-order valence-electron chi connectivity index (χ2n) is 6.12. The first-order chi connectivity index (χ1) is 9.69. The summed E-state index contributed by atoms with van der Waals surface area (Å²) in [5.74, 6) is 0.332. The Balaban J connectivity index is 2.56. The fourth-order valence-electron chi connectivity index (χ4n) is 1.97. The van der Waals surface area contributed by atoms with Crippen LogP contribution in [0.25, 0.3) is 5.82 Å². The lowest BCUT2D eigenvalue weighted by atomic mass is 9.90. The smallest absolute Gasteiger partial charge is 0.334 e. The van der Waals surface area contributed by atoms with Crippen LogP contribution in [0.2, 0.25) is 0 Å². The quantitative estimate of drug-likeness (QED) is 0.683. The molecule has 2 aromatic heterocycles. The average Bonchev–Trinajstić information content (AvgIpc) is 2.65. The monoisotopic (exact) mass is 290 g/mol. The van der Waals surface area contributed by atoms with Crippen molar-refractivity contribution in [3.63, 3.8) is 0 Å². The Labute approximate surface area is 122 Å². The Morgan fingerprint density at radius 2 is 2.00 bits per heavy atom. The van der Waals surface area contributed by atoms with E-state index in [9.17, 15) is 10.1 Å². The van der Waals surface area contributed by atoms with Gasteiger partial charge in [-0.25, -0.2) is 0 Å². The normalized spacial score (nSPS) is 11.6. The van der Waals surface area contributed by atoms with Crippen LogP contribution in [-0.2, 0) is 6.42 Å². The third kappa shape index (κ3) is 3.15. The minimum atomic E-state index is -0.498. The Hall–Kier alpha value is -2.51. The predicted molar refractivity (Wildman–Crippen MR) is 78.1 cm³/mol. The van der Waals surface area contributed by atoms with Crippen LogP contribution in [0.15, 0.2) is 12.1 Å². The zero-order valence-corrected chi connectivity index (χ0v) is 12.5. The maximum absolute atomic E-state index is 11.3. The zero-order chi connectivity index (χ0) is 15.8. The minimum Gasteiger partial charge on any atom is -0.378 e. The van der Waals surface area contributed by atoms with Gasteiger partial charge in [-0.15, -0.1) is 5.10 Å². The molecule has 0 bridgehead atoms. The summed E-state index contributed by atoms with van der Waals surface area (Å²) in [7, 11) is 0. The number of aromatic nitrogens is 4. The summed E-state index contributed by atoms with van der Waals surface area (Å²) in [6.45, 7) is 7.75. The van der Waals surface area contributed by atoms with Crippen LogP contribution in [0.4, 0.5) is 11.5 Å². The van der Waals surface area contributed by atoms with Crippen molar-refractivity contribution < 1.29 is 4.92 Å². The van der Waals surface area contributed by atoms with E-state index in [0.29, 0.717) is 17.9 Å². The van der Waals surface area contributed by atoms with Crippen molar-refractivity contribution in [3.8, 4) is 5.82 Å². The van der Waals surface area contributed by atoms with Gasteiger partial charge in [0.15, 0.2) is 5.82 Å². The zero-order valence-electron chi connectivity index (χ0n) is 12.5. The molecule has 2 rings (SSSR count). The van der Waals surface area contributed by atoms with Crippen LogP contribution in [0.3, 0.4) is 0 Å². The van der Waals surface area contributed by atoms with Crippen LogP contribution in [0, 0.1) is 22.5 Å². The number of hydrogen-bond acceptors (Lipinski definition) is 6. The molecule has 8 nitrogen and oxygen atoms in total. The van der Waals surface area contributed by atoms with Crippen molar-refractivity contribution in [2.75, 3.05) is 5.73 Å². The number of anilines is 1. The largest absolute Gasteiger partial charge is 0.378 e. The van der Waals surface area contributed by atoms with E-state index in [1.165, 1.54) is 4.68 Å². The number of nitrogens with zero attached hydrogens (tertiary/aromatic N) is 5. The molecular formula is C13H18N6O2. The van der Waals surface area contributed by atoms with Crippen molar-refractivity contribution >= 4 is 11.5 Å². The topological polar surface area (TPSA) is 113 Å². The molecule has 21 heavy (non-hydrogen) atoms. The highest BCUT2D eigenvalue weighted by Gasteiger charge is 2.29. The minimum absolute atomic E-state index is 0.0302. The molecule has 0 radical (unpaired) electrons. The second kappa shape index (κ2) is 5.12. The third-order valence-corrected chi connectivity index (χ3v) is 2.85. The van der Waals surface area contributed by atoms with E-state index in [1.807, 2.05) is 20.8 Å². The lowest BCUT2D eigenvalue weighted by Crippen LogP contribution is -2.11. The summed E-state index contributed by atoms with van der Waals surface area (Å²) >= 11 is 0. The van der Waals surface area contributed by atoms with Gasteiger partial charge < -0.3 is 5.73 Å². The highest BCUT2D eigenvalue weighted by Crippen LogP contribution is 2.32. The van der Waals surface area contributed by atoms with Crippen molar-refractivity contribution in [2.45, 2.75) is 34.1 Å². The van der Waals surface area contributed by atoms with E-state index in [2.05, 4.69) is 15.3 Å². The molecule has 8 heteroatoms. The molecule has 0 spiro atoms. The first kappa shape index (κ1) is 14.9. The molecule has 2 heterocycles. The Morgan fingerprint density at radius 3 is 2.48 bits per heavy atom. The van der Waals surface area contributed by atoms with Gasteiger partial charge in [0, 0.05) is 6.42 Å². The Bertz CT molecular complexity index is 669. The van der Waals surface area contributed by atoms with E-state index < -0.39 is 4.92 Å². The van der Waals surface area contributed by atoms with Gasteiger partial charge in [-0.3, -0.25) is 10.1 Å². The summed E-state index contributed by atoms with van der Waals surface area (Å²) in [5.41, 5.74) is 6.68. The van der Waals surface area contributed by atoms with E-state index >= 15 is 0 Å². The first-order valence-corrected chi connectivity index (χ1v) is 6.51. The standard InChI is InChI=1S/C13H18N6O2/c1-8-5-6-10(16-15-8)18-12(14)11(19(20)21)9(17-18)7-13(2,3)4/h5-6H,7,14H2,1-4H3. The molecule has 0 aliphatic carbocycles. The summed E-state index contributed by atoms with van der Waals surface area (Å²) in [5, 5.41) is 23.4. The van der Waals surface area contributed by atoms with E-state index in [-0.39, 0.29) is 16.9 Å². The maximum Gasteiger partial charge on any atom is 0.334 e. The number of nitrogens with two attached hydrogens (primary N) is 1. The molecule has 2 aromatic rings. The molecule has 0 saturated heterocycles. The van der Waals surface area contributed by atoms with Gasteiger partial charge in [0.1, 0.15) is 5.69 Å². The summed E-state index contributed by atoms with van der Waals surface area (Å²) < 4.78 is 1.27. The van der Waals surface area contributed by atoms with E-state index in [1.54, 1.807) is 19.1 Å². The SMILES string of the molecule is Cc1ccc(-n2nc(CC(C)(C)C)c([N+](=O)[O-])c2N)nn1. The second-order valence-corrected chi connectivity index (χ2v) is 6.12. The predicted octanol–water partition coefficient (Wildman–Crippen LogP) is 2.05. The Morgan fingerprint density at radius 1 is 1.33 bits per heavy atom. The van der Waals surface area contributed by atoms with Gasteiger partial charge in [-0.2, -0.15) is 14.9 Å². The van der Waals surface area contributed by atoms with Gasteiger partial charge in [0.25, 0.3) is 0 Å². The first-order valence-electron chi connectivity index (χ1n) is 6.51. The lowest BCUT2D eigenvalue weighted by Gasteiger charge is -2.15. The highest BCUT2D eigenvalue weighted by atomic mass is 16.6. The van der Waals surface area contributed by atoms with Gasteiger partial charge in [0.2, 0.25) is 5.82 Å². The van der Waals surface area contributed by atoms with E-state index in [0.717, 1.165) is 5.69 Å². The van der Waals surface area contributed by atoms with Gasteiger partial charge in [0.05, 0.1) is 10.6 Å². The maximum atomic E-state index is 11.3. The number of aryl methyl sites for hydroxylation is 1. The third-order valence-electron chi connectivity index (χ3n) is 2.85. The molecule has 0 aliphatic heterocycles. The fourth-order valence-corrected chi connectivity index (χ4v) is 1.97. The van der Waals surface area contributed by atoms with Crippen LogP contribution < -0.4 is 5.73 Å². The van der Waals surface area contributed by atoms with E-state index in [4.69, 9.17) is 5.73 Å². The molecule has 0 aromatic carbocycles. The van der Waals surface area contributed by atoms with Gasteiger partial charge >= 0.3 is 5.69 Å². The van der Waals surface area contributed by atoms with Crippen LogP contribution in [0.5, 0.6) is 0 Å². The summed E-state index contributed by atoms with van der Waals surface area (Å²) in [6, 6.07) is 3.43. The Kier molecular flexibility index (Phi) is 3.63. The molecule has 112 valence electrons. The van der Waals surface area contributed by atoms with Crippen molar-refractivity contribution in [3.05, 3.63) is 33.6 Å². The number of rotatable bonds is 3. The number of hydrogen-bond donors (Lipinski definition) is 1. The molecule has 0 fully saturated rings. The molecule has 0 aliphatic rings. The molecule has 0 unspecified atom stereocenters. The molecule has 0 atom stereocenters. The lowest BCUT2D eigenvalue weighted by molar-refractivity contribution is -0.384. The van der Waals surface area contributed by atoms with Gasteiger partial charge in [-0.05, 0) is 24.5 Å². The summed E-state index contributed by atoms with van der Waals surface area (Å²) in [6.07, 6.45) is 0.444. The summed E-state index contributed by atoms with van der Waals surface area (Å²) in [4.78, 5) is 10.8. The molecule has 0 saturated carbocycles. The average molecular weight is 290 g/mol. The number of nitro groups is 1. The van der Waals surface area contributed by atoms with Crippen LogP contribution in [0.1, 0.15) is 32.2 Å². The molecule has 2 N–H and O–H groups in total. The van der Waals surface area contributed by atoms with Gasteiger partial charge in [-0.1, -0.05) is 20.8 Å². The van der Waals surface area contributed by atoms with Crippen molar-refractivity contribution in [2.24, 2.45) is 5.41 Å². The molecular weight excluding hydrogens is 272 g/mol. The van der Waals surface area contributed by atoms with Crippen LogP contribution in [-0.4, -0.2) is 24.9 Å².